The number of methoxy groups -OCH3 is 1. The fraction of sp³-hybridized carbons (Fsp3) is 0.286. The van der Waals surface area contributed by atoms with E-state index in [-0.39, 0.29) is 39.8 Å². The van der Waals surface area contributed by atoms with E-state index in [2.05, 4.69) is 4.72 Å². The van der Waals surface area contributed by atoms with Crippen molar-refractivity contribution in [2.75, 3.05) is 7.11 Å². The molecule has 10 heteroatoms. The molecule has 0 saturated heterocycles. The molecule has 2 aliphatic heterocycles. The quantitative estimate of drug-likeness (QED) is 0.448. The predicted molar refractivity (Wildman–Crippen MR) is 141 cm³/mol. The number of ether oxygens (including phenoxy) is 3. The van der Waals surface area contributed by atoms with E-state index in [0.717, 1.165) is 18.2 Å². The number of aryl methyl sites for hydroxylation is 1. The molecule has 2 aliphatic rings. The van der Waals surface area contributed by atoms with Crippen molar-refractivity contribution in [3.8, 4) is 17.2 Å². The zero-order valence-corrected chi connectivity index (χ0v) is 22.2. The van der Waals surface area contributed by atoms with E-state index < -0.39 is 21.2 Å². The van der Waals surface area contributed by atoms with Gasteiger partial charge in [-0.25, -0.2) is 13.2 Å². The Morgan fingerprint density at radius 2 is 1.87 bits per heavy atom. The van der Waals surface area contributed by atoms with Crippen LogP contribution < -0.4 is 24.6 Å². The van der Waals surface area contributed by atoms with Gasteiger partial charge in [-0.2, -0.15) is 0 Å². The van der Waals surface area contributed by atoms with Gasteiger partial charge in [-0.15, -0.1) is 0 Å². The van der Waals surface area contributed by atoms with Gasteiger partial charge in [-0.3, -0.25) is 9.52 Å². The van der Waals surface area contributed by atoms with Crippen LogP contribution in [-0.2, 0) is 16.4 Å². The second-order valence-corrected chi connectivity index (χ2v) is 11.4. The summed E-state index contributed by atoms with van der Waals surface area (Å²) in [4.78, 5) is 25.9. The minimum Gasteiger partial charge on any atom is -0.497 e. The molecule has 0 fully saturated rings. The van der Waals surface area contributed by atoms with Gasteiger partial charge in [0, 0.05) is 6.07 Å². The summed E-state index contributed by atoms with van der Waals surface area (Å²) in [6.07, 6.45) is 5.94. The van der Waals surface area contributed by atoms with Crippen LogP contribution in [0.25, 0.3) is 17.0 Å². The number of ketones is 1. The van der Waals surface area contributed by atoms with Gasteiger partial charge in [-0.05, 0) is 62.2 Å². The molecule has 0 aliphatic carbocycles. The van der Waals surface area contributed by atoms with Crippen LogP contribution in [0, 0.1) is 0 Å². The van der Waals surface area contributed by atoms with Crippen molar-refractivity contribution in [1.82, 2.24) is 4.72 Å². The zero-order valence-electron chi connectivity index (χ0n) is 21.4. The minimum atomic E-state index is -3.94. The molecule has 0 spiro atoms. The Labute approximate surface area is 219 Å². The van der Waals surface area contributed by atoms with Crippen molar-refractivity contribution in [2.24, 2.45) is 0 Å². The normalized spacial score (nSPS) is 16.9. The van der Waals surface area contributed by atoms with E-state index in [4.69, 9.17) is 18.6 Å². The Kier molecular flexibility index (Phi) is 6.30. The maximum Gasteiger partial charge on any atom is 0.336 e. The lowest BCUT2D eigenvalue weighted by atomic mass is 9.90. The van der Waals surface area contributed by atoms with Gasteiger partial charge in [-0.1, -0.05) is 13.3 Å². The number of benzene rings is 2. The van der Waals surface area contributed by atoms with Crippen molar-refractivity contribution in [3.63, 3.8) is 0 Å². The first kappa shape index (κ1) is 25.6. The van der Waals surface area contributed by atoms with E-state index in [1.54, 1.807) is 0 Å². The number of carbonyl (C=O) groups excluding carboxylic acids is 1. The molecular formula is C28H27NO8S. The number of Topliss-reactive ketones (excluding diaryl/α,β-unsaturated/α-hetero) is 1. The van der Waals surface area contributed by atoms with Crippen LogP contribution in [0.2, 0.25) is 0 Å². The fourth-order valence-electron chi connectivity index (χ4n) is 4.57. The standard InChI is InChI=1S/C28H27NO8S/c1-5-6-16-13-22(31)36-27-23(16)26-20(11-12-28(2,3)37-26)25-24(27)21(30)14-18(35-25)15-29-38(32,33)19-9-7-17(34-4)8-10-19/h7-13,15,29H,5-6,14H2,1-4H3. The maximum absolute atomic E-state index is 13.4. The summed E-state index contributed by atoms with van der Waals surface area (Å²) in [5.74, 6) is 0.841. The first-order valence-corrected chi connectivity index (χ1v) is 13.6. The number of rotatable bonds is 6. The van der Waals surface area contributed by atoms with E-state index >= 15 is 0 Å². The van der Waals surface area contributed by atoms with Crippen LogP contribution in [0.4, 0.5) is 0 Å². The first-order chi connectivity index (χ1) is 18.0. The number of hydrogen-bond donors (Lipinski definition) is 1. The summed E-state index contributed by atoms with van der Waals surface area (Å²) in [6, 6.07) is 7.31. The van der Waals surface area contributed by atoms with Crippen LogP contribution in [0.5, 0.6) is 17.2 Å². The molecule has 38 heavy (non-hydrogen) atoms. The third kappa shape index (κ3) is 4.56. The Balaban J connectivity index is 1.62. The second-order valence-electron chi connectivity index (χ2n) is 9.64. The SMILES string of the molecule is CCCc1cc(=O)oc2c3c(c4c(c12)OC(C)(C)C=C4)OC(=CNS(=O)(=O)c1ccc(OC)cc1)CC3=O. The topological polar surface area (TPSA) is 121 Å². The molecule has 3 heterocycles. The molecule has 2 aromatic carbocycles. The molecule has 9 nitrogen and oxygen atoms in total. The Morgan fingerprint density at radius 3 is 2.55 bits per heavy atom. The van der Waals surface area contributed by atoms with Crippen molar-refractivity contribution in [2.45, 2.75) is 50.5 Å². The summed E-state index contributed by atoms with van der Waals surface area (Å²) in [7, 11) is -2.45. The van der Waals surface area contributed by atoms with Crippen LogP contribution in [0.1, 0.15) is 55.1 Å². The third-order valence-corrected chi connectivity index (χ3v) is 7.66. The Bertz CT molecular complexity index is 1680. The predicted octanol–water partition coefficient (Wildman–Crippen LogP) is 4.72. The highest BCUT2D eigenvalue weighted by atomic mass is 32.2. The minimum absolute atomic E-state index is 0.0184. The average Bonchev–Trinajstić information content (AvgIpc) is 2.86. The van der Waals surface area contributed by atoms with E-state index in [1.165, 1.54) is 37.4 Å². The average molecular weight is 538 g/mol. The monoisotopic (exact) mass is 537 g/mol. The number of sulfonamides is 1. The smallest absolute Gasteiger partial charge is 0.336 e. The molecule has 198 valence electrons. The Morgan fingerprint density at radius 1 is 1.13 bits per heavy atom. The van der Waals surface area contributed by atoms with E-state index in [9.17, 15) is 18.0 Å². The van der Waals surface area contributed by atoms with Crippen LogP contribution in [0.15, 0.2) is 62.5 Å². The summed E-state index contributed by atoms with van der Waals surface area (Å²) < 4.78 is 51.0. The highest BCUT2D eigenvalue weighted by Gasteiger charge is 2.36. The molecule has 0 bridgehead atoms. The number of fused-ring (bicyclic) bond motifs is 6. The summed E-state index contributed by atoms with van der Waals surface area (Å²) in [6.45, 7) is 5.78. The lowest BCUT2D eigenvalue weighted by Crippen LogP contribution is -2.29. The van der Waals surface area contributed by atoms with Crippen LogP contribution >= 0.6 is 0 Å². The largest absolute Gasteiger partial charge is 0.497 e. The van der Waals surface area contributed by atoms with Crippen molar-refractivity contribution in [1.29, 1.82) is 0 Å². The van der Waals surface area contributed by atoms with Gasteiger partial charge >= 0.3 is 5.63 Å². The number of nitrogens with one attached hydrogen (secondary N) is 1. The second kappa shape index (κ2) is 9.36. The van der Waals surface area contributed by atoms with Gasteiger partial charge in [0.05, 0.1) is 35.6 Å². The number of allylic oxidation sites excluding steroid dienone is 1. The summed E-state index contributed by atoms with van der Waals surface area (Å²) in [5.41, 5.74) is 0.273. The molecular weight excluding hydrogens is 510 g/mol. The van der Waals surface area contributed by atoms with Gasteiger partial charge in [0.1, 0.15) is 28.4 Å². The van der Waals surface area contributed by atoms with Gasteiger partial charge in [0.15, 0.2) is 17.1 Å². The molecule has 0 amide bonds. The van der Waals surface area contributed by atoms with Gasteiger partial charge < -0.3 is 18.6 Å². The van der Waals surface area contributed by atoms with Crippen LogP contribution in [-0.4, -0.2) is 26.9 Å². The van der Waals surface area contributed by atoms with Crippen molar-refractivity contribution < 1.29 is 31.8 Å². The Hall–Kier alpha value is -4.05. The first-order valence-electron chi connectivity index (χ1n) is 12.1. The van der Waals surface area contributed by atoms with Crippen molar-refractivity contribution >= 4 is 32.9 Å². The molecule has 0 radical (unpaired) electrons. The van der Waals surface area contributed by atoms with E-state index in [0.29, 0.717) is 28.9 Å². The number of carbonyl (C=O) groups is 1. The molecule has 1 N–H and O–H groups in total. The lowest BCUT2D eigenvalue weighted by molar-refractivity contribution is 0.0963. The van der Waals surface area contributed by atoms with Crippen molar-refractivity contribution in [3.05, 3.63) is 75.5 Å². The lowest BCUT2D eigenvalue weighted by Gasteiger charge is -2.32. The molecule has 0 saturated carbocycles. The molecule has 0 atom stereocenters. The molecule has 1 aromatic heterocycles. The number of hydrogen-bond acceptors (Lipinski definition) is 8. The molecule has 5 rings (SSSR count). The highest BCUT2D eigenvalue weighted by molar-refractivity contribution is 7.89. The highest BCUT2D eigenvalue weighted by Crippen LogP contribution is 2.49. The maximum atomic E-state index is 13.4. The summed E-state index contributed by atoms with van der Waals surface area (Å²) >= 11 is 0. The fourth-order valence-corrected chi connectivity index (χ4v) is 5.48. The summed E-state index contributed by atoms with van der Waals surface area (Å²) in [5, 5.41) is 0.571. The third-order valence-electron chi connectivity index (χ3n) is 6.34. The van der Waals surface area contributed by atoms with E-state index in [1.807, 2.05) is 32.9 Å². The molecule has 3 aromatic rings. The van der Waals surface area contributed by atoms with Gasteiger partial charge in [0.25, 0.3) is 10.0 Å². The van der Waals surface area contributed by atoms with Gasteiger partial charge in [0.2, 0.25) is 0 Å². The molecule has 0 unspecified atom stereocenters. The zero-order chi connectivity index (χ0) is 27.2. The van der Waals surface area contributed by atoms with Crippen LogP contribution in [0.3, 0.4) is 0 Å².